The second kappa shape index (κ2) is 5.71. The molecule has 0 spiro atoms. The molecule has 3 nitrogen and oxygen atoms in total. The van der Waals surface area contributed by atoms with Gasteiger partial charge in [0.15, 0.2) is 0 Å². The lowest BCUT2D eigenvalue weighted by Crippen LogP contribution is -2.32. The van der Waals surface area contributed by atoms with Gasteiger partial charge in [-0.3, -0.25) is 4.79 Å². The van der Waals surface area contributed by atoms with Crippen LogP contribution in [0, 0.1) is 16.7 Å². The summed E-state index contributed by atoms with van der Waals surface area (Å²) < 4.78 is 38.6. The first-order chi connectivity index (χ1) is 9.15. The van der Waals surface area contributed by atoms with E-state index in [4.69, 9.17) is 16.9 Å². The number of carbonyl (C=O) groups excluding carboxylic acids is 1. The Morgan fingerprint density at radius 1 is 1.45 bits per heavy atom. The molecule has 1 unspecified atom stereocenters. The Morgan fingerprint density at radius 2 is 2.05 bits per heavy atom. The summed E-state index contributed by atoms with van der Waals surface area (Å²) in [5.41, 5.74) is -2.99. The van der Waals surface area contributed by atoms with Crippen molar-refractivity contribution < 1.29 is 18.0 Å². The average Bonchev–Trinajstić information content (AvgIpc) is 2.38. The number of benzene rings is 1. The predicted molar refractivity (Wildman–Crippen MR) is 69.1 cm³/mol. The molecule has 0 saturated heterocycles. The van der Waals surface area contributed by atoms with Crippen LogP contribution in [0.2, 0.25) is 5.02 Å². The van der Waals surface area contributed by atoms with Gasteiger partial charge in [0.25, 0.3) is 0 Å². The lowest BCUT2D eigenvalue weighted by Gasteiger charge is -2.21. The van der Waals surface area contributed by atoms with E-state index < -0.39 is 28.7 Å². The summed E-state index contributed by atoms with van der Waals surface area (Å²) in [7, 11) is 0. The Kier molecular flexibility index (Phi) is 4.66. The van der Waals surface area contributed by atoms with E-state index in [1.807, 2.05) is 0 Å². The van der Waals surface area contributed by atoms with Gasteiger partial charge in [-0.05, 0) is 25.5 Å². The molecule has 7 heteroatoms. The van der Waals surface area contributed by atoms with Crippen molar-refractivity contribution >= 4 is 23.2 Å². The third-order valence-corrected chi connectivity index (χ3v) is 3.33. The number of nitrogens with one attached hydrogen (secondary N) is 1. The standard InChI is InChI=1S/C13H12ClF3N2O/c1-3-12(2,7-18)11(20)19-10-8(13(15,16)17)5-4-6-9(10)14/h4-6H,3H2,1-2H3,(H,19,20). The highest BCUT2D eigenvalue weighted by atomic mass is 35.5. The van der Waals surface area contributed by atoms with E-state index in [1.54, 1.807) is 13.0 Å². The largest absolute Gasteiger partial charge is 0.418 e. The van der Waals surface area contributed by atoms with E-state index in [-0.39, 0.29) is 11.4 Å². The van der Waals surface area contributed by atoms with Crippen molar-refractivity contribution in [3.8, 4) is 6.07 Å². The fraction of sp³-hybridized carbons (Fsp3) is 0.385. The number of rotatable bonds is 3. The topological polar surface area (TPSA) is 52.9 Å². The van der Waals surface area contributed by atoms with Gasteiger partial charge in [-0.2, -0.15) is 18.4 Å². The van der Waals surface area contributed by atoms with Crippen molar-refractivity contribution in [1.29, 1.82) is 5.26 Å². The summed E-state index contributed by atoms with van der Waals surface area (Å²) in [6.07, 6.45) is -4.48. The number of halogens is 4. The number of hydrogen-bond donors (Lipinski definition) is 1. The third kappa shape index (κ3) is 3.23. The Morgan fingerprint density at radius 3 is 2.50 bits per heavy atom. The summed E-state index contributed by atoms with van der Waals surface area (Å²) >= 11 is 5.72. The zero-order valence-electron chi connectivity index (χ0n) is 10.8. The van der Waals surface area contributed by atoms with Gasteiger partial charge in [0.05, 0.1) is 22.3 Å². The van der Waals surface area contributed by atoms with Gasteiger partial charge < -0.3 is 5.32 Å². The van der Waals surface area contributed by atoms with Crippen LogP contribution in [0.25, 0.3) is 0 Å². The lowest BCUT2D eigenvalue weighted by atomic mass is 9.88. The minimum atomic E-state index is -4.65. The smallest absolute Gasteiger partial charge is 0.323 e. The Hall–Kier alpha value is -1.74. The van der Waals surface area contributed by atoms with E-state index in [1.165, 1.54) is 13.0 Å². The minimum absolute atomic E-state index is 0.168. The Bertz CT molecular complexity index is 566. The SMILES string of the molecule is CCC(C)(C#N)C(=O)Nc1c(Cl)cccc1C(F)(F)F. The first-order valence-electron chi connectivity index (χ1n) is 5.74. The number of anilines is 1. The monoisotopic (exact) mass is 304 g/mol. The molecule has 0 fully saturated rings. The molecule has 1 rings (SSSR count). The number of nitrogens with zero attached hydrogens (tertiary/aromatic N) is 1. The fourth-order valence-electron chi connectivity index (χ4n) is 1.43. The molecule has 1 amide bonds. The van der Waals surface area contributed by atoms with Crippen molar-refractivity contribution in [1.82, 2.24) is 0 Å². The zero-order chi connectivity index (χ0) is 15.6. The quantitative estimate of drug-likeness (QED) is 0.908. The molecule has 0 aliphatic carbocycles. The second-order valence-electron chi connectivity index (χ2n) is 4.41. The van der Waals surface area contributed by atoms with Gasteiger partial charge in [0.2, 0.25) is 5.91 Å². The van der Waals surface area contributed by atoms with E-state index in [0.29, 0.717) is 0 Å². The van der Waals surface area contributed by atoms with E-state index in [0.717, 1.165) is 12.1 Å². The minimum Gasteiger partial charge on any atom is -0.323 e. The summed E-state index contributed by atoms with van der Waals surface area (Å²) in [5, 5.41) is 10.8. The second-order valence-corrected chi connectivity index (χ2v) is 4.82. The molecule has 1 atom stereocenters. The van der Waals surface area contributed by atoms with Crippen molar-refractivity contribution in [3.63, 3.8) is 0 Å². The summed E-state index contributed by atoms with van der Waals surface area (Å²) in [4.78, 5) is 12.0. The number of carbonyl (C=O) groups is 1. The molecular formula is C13H12ClF3N2O. The van der Waals surface area contributed by atoms with Crippen LogP contribution >= 0.6 is 11.6 Å². The molecule has 1 aromatic carbocycles. The number of hydrogen-bond acceptors (Lipinski definition) is 2. The predicted octanol–water partition coefficient (Wildman–Crippen LogP) is 4.24. The van der Waals surface area contributed by atoms with Crippen LogP contribution in [0.1, 0.15) is 25.8 Å². The van der Waals surface area contributed by atoms with Crippen LogP contribution < -0.4 is 5.32 Å². The van der Waals surface area contributed by atoms with E-state index in [2.05, 4.69) is 5.32 Å². The molecule has 1 aromatic rings. The maximum absolute atomic E-state index is 12.9. The summed E-state index contributed by atoms with van der Waals surface area (Å²) in [5.74, 6) is -0.818. The first kappa shape index (κ1) is 16.3. The number of para-hydroxylation sites is 1. The highest BCUT2D eigenvalue weighted by Gasteiger charge is 2.37. The van der Waals surface area contributed by atoms with Crippen molar-refractivity contribution in [2.45, 2.75) is 26.4 Å². The molecule has 0 aliphatic heterocycles. The molecule has 0 radical (unpaired) electrons. The van der Waals surface area contributed by atoms with Gasteiger partial charge in [-0.25, -0.2) is 0 Å². The molecule has 0 saturated carbocycles. The van der Waals surface area contributed by atoms with Gasteiger partial charge in [0, 0.05) is 0 Å². The van der Waals surface area contributed by atoms with Crippen LogP contribution in [-0.4, -0.2) is 5.91 Å². The van der Waals surface area contributed by atoms with Gasteiger partial charge in [0.1, 0.15) is 5.41 Å². The van der Waals surface area contributed by atoms with Crippen molar-refractivity contribution in [3.05, 3.63) is 28.8 Å². The maximum Gasteiger partial charge on any atom is 0.418 e. The molecule has 0 aliphatic rings. The third-order valence-electron chi connectivity index (χ3n) is 3.01. The van der Waals surface area contributed by atoms with Crippen LogP contribution in [0.15, 0.2) is 18.2 Å². The highest BCUT2D eigenvalue weighted by Crippen LogP contribution is 2.39. The van der Waals surface area contributed by atoms with Crippen LogP contribution in [0.4, 0.5) is 18.9 Å². The van der Waals surface area contributed by atoms with E-state index in [9.17, 15) is 18.0 Å². The Balaban J connectivity index is 3.23. The number of amides is 1. The fourth-order valence-corrected chi connectivity index (χ4v) is 1.65. The summed E-state index contributed by atoms with van der Waals surface area (Å²) in [6, 6.07) is 4.99. The van der Waals surface area contributed by atoms with E-state index >= 15 is 0 Å². The van der Waals surface area contributed by atoms with Crippen molar-refractivity contribution in [2.75, 3.05) is 5.32 Å². The molecule has 20 heavy (non-hydrogen) atoms. The van der Waals surface area contributed by atoms with Crippen molar-refractivity contribution in [2.24, 2.45) is 5.41 Å². The van der Waals surface area contributed by atoms with Gasteiger partial charge >= 0.3 is 6.18 Å². The van der Waals surface area contributed by atoms with Crippen LogP contribution in [0.5, 0.6) is 0 Å². The van der Waals surface area contributed by atoms with Gasteiger partial charge in [-0.15, -0.1) is 0 Å². The molecule has 0 aromatic heterocycles. The maximum atomic E-state index is 12.9. The first-order valence-corrected chi connectivity index (χ1v) is 6.12. The molecule has 0 heterocycles. The van der Waals surface area contributed by atoms with Crippen LogP contribution in [-0.2, 0) is 11.0 Å². The molecule has 1 N–H and O–H groups in total. The molecule has 108 valence electrons. The number of nitriles is 1. The van der Waals surface area contributed by atoms with Crippen LogP contribution in [0.3, 0.4) is 0 Å². The highest BCUT2D eigenvalue weighted by molar-refractivity contribution is 6.34. The van der Waals surface area contributed by atoms with Gasteiger partial charge in [-0.1, -0.05) is 24.6 Å². The lowest BCUT2D eigenvalue weighted by molar-refractivity contribution is -0.137. The normalized spacial score (nSPS) is 14.2. The average molecular weight is 305 g/mol. The molecule has 0 bridgehead atoms. The molecular weight excluding hydrogens is 293 g/mol. The Labute approximate surface area is 119 Å². The zero-order valence-corrected chi connectivity index (χ0v) is 11.6. The summed E-state index contributed by atoms with van der Waals surface area (Å²) in [6.45, 7) is 2.95. The number of alkyl halides is 3.